The van der Waals surface area contributed by atoms with Crippen molar-refractivity contribution in [3.8, 4) is 0 Å². The molecule has 0 saturated carbocycles. The maximum Gasteiger partial charge on any atom is 0.252 e. The molecule has 2 heterocycles. The molecule has 0 aliphatic rings. The molecular weight excluding hydrogens is 354 g/mol. The van der Waals surface area contributed by atoms with Crippen LogP contribution in [0.25, 0.3) is 5.65 Å². The van der Waals surface area contributed by atoms with Crippen LogP contribution in [0, 0.1) is 5.92 Å². The van der Waals surface area contributed by atoms with E-state index in [1.807, 2.05) is 31.5 Å². The Morgan fingerprint density at radius 2 is 2.04 bits per heavy atom. The van der Waals surface area contributed by atoms with Gasteiger partial charge < -0.3 is 10.2 Å². The summed E-state index contributed by atoms with van der Waals surface area (Å²) in [6.45, 7) is 8.47. The van der Waals surface area contributed by atoms with Crippen molar-refractivity contribution in [1.82, 2.24) is 19.6 Å². The van der Waals surface area contributed by atoms with Crippen molar-refractivity contribution < 1.29 is 9.59 Å². The van der Waals surface area contributed by atoms with E-state index in [1.165, 1.54) is 0 Å². The van der Waals surface area contributed by atoms with Gasteiger partial charge in [-0.15, -0.1) is 0 Å². The highest BCUT2D eigenvalue weighted by Gasteiger charge is 2.19. The molecule has 0 bridgehead atoms. The number of nitrogens with zero attached hydrogens (tertiary/aromatic N) is 4. The lowest BCUT2D eigenvalue weighted by molar-refractivity contribution is -0.107. The van der Waals surface area contributed by atoms with Crippen LogP contribution in [0.15, 0.2) is 18.3 Å². The normalized spacial score (nSPS) is 11.4. The van der Waals surface area contributed by atoms with Crippen LogP contribution in [0.2, 0.25) is 0 Å². The van der Waals surface area contributed by atoms with Crippen LogP contribution < -0.4 is 10.2 Å². The van der Waals surface area contributed by atoms with Gasteiger partial charge in [0.05, 0.1) is 11.3 Å². The Bertz CT molecular complexity index is 797. The van der Waals surface area contributed by atoms with E-state index in [9.17, 15) is 9.59 Å². The van der Waals surface area contributed by atoms with Gasteiger partial charge >= 0.3 is 0 Å². The molecule has 1 N–H and O–H groups in total. The Balaban J connectivity index is 2.27. The van der Waals surface area contributed by atoms with Gasteiger partial charge in [0.15, 0.2) is 0 Å². The first kappa shape index (κ1) is 21.9. The molecule has 0 atom stereocenters. The standard InChI is InChI=1S/C21H33N5O2/c1-6-18-21(25(15-27)13-10-16(2)3)26-14-17(8-9-19(26)23-18)20(28)22-11-7-12-24(4)5/h8-9,14-16H,6-7,10-13H2,1-5H3,(H,22,28). The summed E-state index contributed by atoms with van der Waals surface area (Å²) in [5, 5.41) is 2.96. The first-order valence-corrected chi connectivity index (χ1v) is 10.0. The number of aryl methyl sites for hydroxylation is 1. The lowest BCUT2D eigenvalue weighted by Crippen LogP contribution is -2.28. The monoisotopic (exact) mass is 387 g/mol. The molecule has 0 aliphatic heterocycles. The molecule has 0 fully saturated rings. The minimum absolute atomic E-state index is 0.113. The molecular formula is C21H33N5O2. The van der Waals surface area contributed by atoms with Gasteiger partial charge in [-0.25, -0.2) is 4.98 Å². The van der Waals surface area contributed by atoms with Gasteiger partial charge in [-0.2, -0.15) is 0 Å². The number of pyridine rings is 1. The number of anilines is 1. The number of nitrogens with one attached hydrogen (secondary N) is 1. The highest BCUT2D eigenvalue weighted by Crippen LogP contribution is 2.24. The summed E-state index contributed by atoms with van der Waals surface area (Å²) in [4.78, 5) is 32.8. The Kier molecular flexibility index (Phi) is 7.99. The van der Waals surface area contributed by atoms with Gasteiger partial charge in [-0.3, -0.25) is 18.9 Å². The fourth-order valence-electron chi connectivity index (χ4n) is 3.06. The van der Waals surface area contributed by atoms with Crippen LogP contribution in [-0.2, 0) is 11.2 Å². The summed E-state index contributed by atoms with van der Waals surface area (Å²) < 4.78 is 1.86. The third-order valence-electron chi connectivity index (χ3n) is 4.67. The van der Waals surface area contributed by atoms with Crippen molar-refractivity contribution in [2.45, 2.75) is 40.0 Å². The molecule has 2 rings (SSSR count). The molecule has 0 aliphatic carbocycles. The topological polar surface area (TPSA) is 70.0 Å². The summed E-state index contributed by atoms with van der Waals surface area (Å²) in [6.07, 6.45) is 5.16. The average Bonchev–Trinajstić information content (AvgIpc) is 3.03. The number of rotatable bonds is 11. The fourth-order valence-corrected chi connectivity index (χ4v) is 3.06. The molecule has 28 heavy (non-hydrogen) atoms. The second kappa shape index (κ2) is 10.2. The SMILES string of the molecule is CCc1nc2ccc(C(=O)NCCCN(C)C)cn2c1N(C=O)CCC(C)C. The molecule has 7 heteroatoms. The smallest absolute Gasteiger partial charge is 0.252 e. The highest BCUT2D eigenvalue weighted by atomic mass is 16.1. The number of fused-ring (bicyclic) bond motifs is 1. The van der Waals surface area contributed by atoms with Crippen LogP contribution in [0.1, 0.15) is 49.7 Å². The summed E-state index contributed by atoms with van der Waals surface area (Å²) in [6, 6.07) is 3.62. The summed E-state index contributed by atoms with van der Waals surface area (Å²) >= 11 is 0. The number of carbonyl (C=O) groups is 2. The Morgan fingerprint density at radius 3 is 2.64 bits per heavy atom. The summed E-state index contributed by atoms with van der Waals surface area (Å²) in [7, 11) is 4.03. The summed E-state index contributed by atoms with van der Waals surface area (Å²) in [5.41, 5.74) is 2.17. The molecule has 2 amide bonds. The fraction of sp³-hybridized carbons (Fsp3) is 0.571. The number of imidazole rings is 1. The zero-order valence-electron chi connectivity index (χ0n) is 17.7. The van der Waals surface area contributed by atoms with Gasteiger partial charge in [0.2, 0.25) is 6.41 Å². The molecule has 0 saturated heterocycles. The quantitative estimate of drug-likeness (QED) is 0.475. The maximum absolute atomic E-state index is 12.5. The molecule has 154 valence electrons. The molecule has 7 nitrogen and oxygen atoms in total. The van der Waals surface area contributed by atoms with Crippen molar-refractivity contribution in [3.05, 3.63) is 29.6 Å². The van der Waals surface area contributed by atoms with Gasteiger partial charge in [0, 0.05) is 19.3 Å². The van der Waals surface area contributed by atoms with Gasteiger partial charge in [-0.05, 0) is 58.0 Å². The predicted octanol–water partition coefficient (Wildman–Crippen LogP) is 2.59. The zero-order valence-corrected chi connectivity index (χ0v) is 17.7. The molecule has 2 aromatic rings. The van der Waals surface area contributed by atoms with Crippen molar-refractivity contribution in [1.29, 1.82) is 0 Å². The number of carbonyl (C=O) groups excluding carboxylic acids is 2. The Hall–Kier alpha value is -2.41. The minimum atomic E-state index is -0.113. The predicted molar refractivity (Wildman–Crippen MR) is 113 cm³/mol. The van der Waals surface area contributed by atoms with E-state index in [0.717, 1.165) is 49.4 Å². The van der Waals surface area contributed by atoms with E-state index in [-0.39, 0.29) is 5.91 Å². The number of aromatic nitrogens is 2. The molecule has 0 radical (unpaired) electrons. The van der Waals surface area contributed by atoms with E-state index in [0.29, 0.717) is 24.6 Å². The van der Waals surface area contributed by atoms with Crippen LogP contribution in [0.4, 0.5) is 5.82 Å². The Labute approximate surface area is 167 Å². The molecule has 0 unspecified atom stereocenters. The molecule has 2 aromatic heterocycles. The third kappa shape index (κ3) is 5.55. The Morgan fingerprint density at radius 1 is 1.29 bits per heavy atom. The molecule has 0 aromatic carbocycles. The zero-order chi connectivity index (χ0) is 20.7. The highest BCUT2D eigenvalue weighted by molar-refractivity contribution is 5.94. The number of amides is 2. The van der Waals surface area contributed by atoms with E-state index in [4.69, 9.17) is 0 Å². The molecule has 0 spiro atoms. The second-order valence-electron chi connectivity index (χ2n) is 7.78. The van der Waals surface area contributed by atoms with Crippen molar-refractivity contribution in [2.24, 2.45) is 5.92 Å². The van der Waals surface area contributed by atoms with Gasteiger partial charge in [-0.1, -0.05) is 20.8 Å². The minimum Gasteiger partial charge on any atom is -0.352 e. The van der Waals surface area contributed by atoms with E-state index in [2.05, 4.69) is 29.0 Å². The van der Waals surface area contributed by atoms with E-state index in [1.54, 1.807) is 17.2 Å². The van der Waals surface area contributed by atoms with Crippen LogP contribution in [0.3, 0.4) is 0 Å². The van der Waals surface area contributed by atoms with Gasteiger partial charge in [0.1, 0.15) is 11.5 Å². The van der Waals surface area contributed by atoms with Crippen LogP contribution in [0.5, 0.6) is 0 Å². The number of hydrogen-bond acceptors (Lipinski definition) is 4. The van der Waals surface area contributed by atoms with Crippen LogP contribution in [-0.4, -0.2) is 60.3 Å². The lowest BCUT2D eigenvalue weighted by Gasteiger charge is -2.19. The lowest BCUT2D eigenvalue weighted by atomic mass is 10.1. The van der Waals surface area contributed by atoms with E-state index >= 15 is 0 Å². The first-order valence-electron chi connectivity index (χ1n) is 10.0. The van der Waals surface area contributed by atoms with Crippen molar-refractivity contribution in [2.75, 3.05) is 38.6 Å². The van der Waals surface area contributed by atoms with Crippen molar-refractivity contribution >= 4 is 23.8 Å². The van der Waals surface area contributed by atoms with Crippen LogP contribution >= 0.6 is 0 Å². The largest absolute Gasteiger partial charge is 0.352 e. The average molecular weight is 388 g/mol. The van der Waals surface area contributed by atoms with E-state index < -0.39 is 0 Å². The third-order valence-corrected chi connectivity index (χ3v) is 4.67. The maximum atomic E-state index is 12.5. The second-order valence-corrected chi connectivity index (χ2v) is 7.78. The van der Waals surface area contributed by atoms with Crippen molar-refractivity contribution in [3.63, 3.8) is 0 Å². The first-order chi connectivity index (χ1) is 13.4. The van der Waals surface area contributed by atoms with Gasteiger partial charge in [0.25, 0.3) is 5.91 Å². The summed E-state index contributed by atoms with van der Waals surface area (Å²) in [5.74, 6) is 1.14. The number of hydrogen-bond donors (Lipinski definition) is 1.